The third-order valence-electron chi connectivity index (χ3n) is 3.83. The summed E-state index contributed by atoms with van der Waals surface area (Å²) in [6, 6.07) is 18.9. The van der Waals surface area contributed by atoms with Crippen molar-refractivity contribution in [2.45, 2.75) is 6.92 Å². The maximum atomic E-state index is 11.2. The van der Waals surface area contributed by atoms with Crippen LogP contribution in [-0.4, -0.2) is 10.9 Å². The summed E-state index contributed by atoms with van der Waals surface area (Å²) in [4.78, 5) is 15.5. The summed E-state index contributed by atoms with van der Waals surface area (Å²) in [5, 5.41) is 12.2. The van der Waals surface area contributed by atoms with E-state index in [2.05, 4.69) is 32.3 Å². The van der Waals surface area contributed by atoms with Crippen LogP contribution in [0.2, 0.25) is 0 Å². The third kappa shape index (κ3) is 3.58. The Bertz CT molecular complexity index is 1020. The van der Waals surface area contributed by atoms with Crippen LogP contribution in [0.15, 0.2) is 59.1 Å². The number of nitrogen functional groups attached to an aromatic ring is 1. The van der Waals surface area contributed by atoms with Gasteiger partial charge in [-0.3, -0.25) is 4.79 Å². The van der Waals surface area contributed by atoms with E-state index >= 15 is 0 Å². The fourth-order valence-corrected chi connectivity index (χ4v) is 3.14. The van der Waals surface area contributed by atoms with Crippen molar-refractivity contribution in [1.29, 1.82) is 5.26 Å². The average Bonchev–Trinajstić information content (AvgIpc) is 2.61. The molecule has 0 aliphatic heterocycles. The zero-order chi connectivity index (χ0) is 18.7. The molecule has 0 unspecified atom stereocenters. The normalized spacial score (nSPS) is 10.2. The third-order valence-corrected chi connectivity index (χ3v) is 4.52. The zero-order valence-corrected chi connectivity index (χ0v) is 15.5. The van der Waals surface area contributed by atoms with Gasteiger partial charge in [0.05, 0.1) is 5.69 Å². The van der Waals surface area contributed by atoms with Crippen LogP contribution >= 0.6 is 15.9 Å². The summed E-state index contributed by atoms with van der Waals surface area (Å²) in [6.45, 7) is 1.45. The highest BCUT2D eigenvalue weighted by Gasteiger charge is 2.14. The van der Waals surface area contributed by atoms with Crippen molar-refractivity contribution in [3.63, 3.8) is 0 Å². The van der Waals surface area contributed by atoms with Gasteiger partial charge < -0.3 is 11.1 Å². The number of benzene rings is 2. The molecule has 3 N–H and O–H groups in total. The first-order chi connectivity index (χ1) is 12.5. The Morgan fingerprint density at radius 1 is 1.15 bits per heavy atom. The van der Waals surface area contributed by atoms with Crippen LogP contribution in [-0.2, 0) is 4.79 Å². The molecule has 0 spiro atoms. The summed E-state index contributed by atoms with van der Waals surface area (Å²) in [5.74, 6) is 0.0431. The Kier molecular flexibility index (Phi) is 5.01. The lowest BCUT2D eigenvalue weighted by Crippen LogP contribution is -2.05. The standard InChI is InChI=1S/C20H15BrN4O/c1-12(26)24-14-8-6-13(7-9-14)16-10-19(25-20(23)17(16)11-22)15-4-2-3-5-18(15)21/h2-10H,1H3,(H2,23,25)(H,24,26). The number of nitrogens with zero attached hydrogens (tertiary/aromatic N) is 2. The lowest BCUT2D eigenvalue weighted by Gasteiger charge is -2.12. The molecule has 0 saturated heterocycles. The molecule has 1 amide bonds. The number of hydrogen-bond acceptors (Lipinski definition) is 4. The van der Waals surface area contributed by atoms with Crippen LogP contribution in [0.3, 0.4) is 0 Å². The van der Waals surface area contributed by atoms with Gasteiger partial charge in [0.25, 0.3) is 0 Å². The van der Waals surface area contributed by atoms with Crippen LogP contribution in [0.1, 0.15) is 12.5 Å². The van der Waals surface area contributed by atoms with Gasteiger partial charge in [0.1, 0.15) is 17.5 Å². The highest BCUT2D eigenvalue weighted by atomic mass is 79.9. The number of carbonyl (C=O) groups is 1. The molecule has 0 aliphatic rings. The molecule has 3 aromatic rings. The van der Waals surface area contributed by atoms with Crippen LogP contribution in [0, 0.1) is 11.3 Å². The predicted octanol–water partition coefficient (Wildman–Crippen LogP) is 4.59. The lowest BCUT2D eigenvalue weighted by atomic mass is 9.98. The smallest absolute Gasteiger partial charge is 0.221 e. The Labute approximate surface area is 159 Å². The Morgan fingerprint density at radius 3 is 2.46 bits per heavy atom. The fraction of sp³-hybridized carbons (Fsp3) is 0.0500. The number of hydrogen-bond donors (Lipinski definition) is 2. The van der Waals surface area contributed by atoms with Crippen molar-refractivity contribution in [3.8, 4) is 28.5 Å². The summed E-state index contributed by atoms with van der Waals surface area (Å²) >= 11 is 3.52. The molecular weight excluding hydrogens is 392 g/mol. The predicted molar refractivity (Wildman–Crippen MR) is 106 cm³/mol. The summed E-state index contributed by atoms with van der Waals surface area (Å²) in [6.07, 6.45) is 0. The minimum atomic E-state index is -0.139. The van der Waals surface area contributed by atoms with Gasteiger partial charge in [-0.05, 0) is 29.8 Å². The molecule has 0 fully saturated rings. The van der Waals surface area contributed by atoms with Gasteiger partial charge in [0, 0.05) is 28.2 Å². The molecule has 1 aromatic heterocycles. The minimum absolute atomic E-state index is 0.139. The lowest BCUT2D eigenvalue weighted by molar-refractivity contribution is -0.114. The molecule has 128 valence electrons. The van der Waals surface area contributed by atoms with Crippen molar-refractivity contribution in [2.24, 2.45) is 0 Å². The van der Waals surface area contributed by atoms with Gasteiger partial charge in [-0.25, -0.2) is 4.98 Å². The SMILES string of the molecule is CC(=O)Nc1ccc(-c2cc(-c3ccccc3Br)nc(N)c2C#N)cc1. The topological polar surface area (TPSA) is 91.8 Å². The van der Waals surface area contributed by atoms with Gasteiger partial charge in [-0.2, -0.15) is 5.26 Å². The van der Waals surface area contributed by atoms with E-state index in [-0.39, 0.29) is 11.7 Å². The number of halogens is 1. The zero-order valence-electron chi connectivity index (χ0n) is 14.0. The minimum Gasteiger partial charge on any atom is -0.383 e. The van der Waals surface area contributed by atoms with Crippen LogP contribution in [0.4, 0.5) is 11.5 Å². The van der Waals surface area contributed by atoms with Crippen molar-refractivity contribution < 1.29 is 4.79 Å². The number of nitrogens with one attached hydrogen (secondary N) is 1. The second-order valence-electron chi connectivity index (χ2n) is 5.67. The number of pyridine rings is 1. The van der Waals surface area contributed by atoms with Crippen molar-refractivity contribution in [3.05, 3.63) is 64.6 Å². The molecule has 26 heavy (non-hydrogen) atoms. The van der Waals surface area contributed by atoms with E-state index in [0.29, 0.717) is 22.5 Å². The maximum absolute atomic E-state index is 11.2. The molecule has 2 aromatic carbocycles. The van der Waals surface area contributed by atoms with E-state index in [4.69, 9.17) is 5.73 Å². The number of nitrogens with two attached hydrogens (primary N) is 1. The second-order valence-corrected chi connectivity index (χ2v) is 6.52. The molecule has 0 aliphatic carbocycles. The summed E-state index contributed by atoms with van der Waals surface area (Å²) in [5.41, 5.74) is 10.1. The quantitative estimate of drug-likeness (QED) is 0.664. The Balaban J connectivity index is 2.13. The molecular formula is C20H15BrN4O. The van der Waals surface area contributed by atoms with Gasteiger partial charge in [0.2, 0.25) is 5.91 Å². The number of carbonyl (C=O) groups excluding carboxylic acids is 1. The number of anilines is 2. The summed E-state index contributed by atoms with van der Waals surface area (Å²) < 4.78 is 0.892. The highest BCUT2D eigenvalue weighted by molar-refractivity contribution is 9.10. The first kappa shape index (κ1) is 17.6. The molecule has 0 bridgehead atoms. The van der Waals surface area contributed by atoms with Crippen LogP contribution < -0.4 is 11.1 Å². The molecule has 0 radical (unpaired) electrons. The molecule has 0 saturated carbocycles. The number of amides is 1. The summed E-state index contributed by atoms with van der Waals surface area (Å²) in [7, 11) is 0. The first-order valence-corrected chi connectivity index (χ1v) is 8.62. The Morgan fingerprint density at radius 2 is 1.85 bits per heavy atom. The van der Waals surface area contributed by atoms with E-state index in [1.54, 1.807) is 12.1 Å². The molecule has 3 rings (SSSR count). The van der Waals surface area contributed by atoms with Gasteiger partial charge in [0.15, 0.2) is 0 Å². The highest BCUT2D eigenvalue weighted by Crippen LogP contribution is 2.34. The fourth-order valence-electron chi connectivity index (χ4n) is 2.65. The van der Waals surface area contributed by atoms with Crippen LogP contribution in [0.5, 0.6) is 0 Å². The van der Waals surface area contributed by atoms with E-state index < -0.39 is 0 Å². The van der Waals surface area contributed by atoms with E-state index in [9.17, 15) is 10.1 Å². The largest absolute Gasteiger partial charge is 0.383 e. The number of nitriles is 1. The van der Waals surface area contributed by atoms with Crippen LogP contribution in [0.25, 0.3) is 22.4 Å². The van der Waals surface area contributed by atoms with Crippen molar-refractivity contribution in [1.82, 2.24) is 4.98 Å². The molecule has 5 nitrogen and oxygen atoms in total. The van der Waals surface area contributed by atoms with Crippen molar-refractivity contribution in [2.75, 3.05) is 11.1 Å². The van der Waals surface area contributed by atoms with E-state index in [1.807, 2.05) is 42.5 Å². The van der Waals surface area contributed by atoms with E-state index in [0.717, 1.165) is 15.6 Å². The number of rotatable bonds is 3. The van der Waals surface area contributed by atoms with Gasteiger partial charge in [-0.1, -0.05) is 46.3 Å². The van der Waals surface area contributed by atoms with E-state index in [1.165, 1.54) is 6.92 Å². The first-order valence-electron chi connectivity index (χ1n) is 7.83. The monoisotopic (exact) mass is 406 g/mol. The van der Waals surface area contributed by atoms with Gasteiger partial charge >= 0.3 is 0 Å². The molecule has 6 heteroatoms. The average molecular weight is 407 g/mol. The second kappa shape index (κ2) is 7.38. The maximum Gasteiger partial charge on any atom is 0.221 e. The molecule has 0 atom stereocenters. The molecule has 1 heterocycles. The Hall–Kier alpha value is -3.17. The number of aromatic nitrogens is 1. The van der Waals surface area contributed by atoms with Gasteiger partial charge in [-0.15, -0.1) is 0 Å². The van der Waals surface area contributed by atoms with Crippen molar-refractivity contribution >= 4 is 33.3 Å².